The van der Waals surface area contributed by atoms with Crippen LogP contribution in [0.2, 0.25) is 0 Å². The number of rotatable bonds is 8. The SMILES string of the molecule is COc1cccc(N(CC(=O)N[C@H](c2ccccc2)c2ccccc2C)S(C)(=O)=O)c1. The first-order valence-corrected chi connectivity index (χ1v) is 11.7. The number of anilines is 1. The molecular formula is C24H26N2O4S. The van der Waals surface area contributed by atoms with Gasteiger partial charge >= 0.3 is 0 Å². The number of sulfonamides is 1. The van der Waals surface area contributed by atoms with Gasteiger partial charge in [0, 0.05) is 6.07 Å². The van der Waals surface area contributed by atoms with E-state index < -0.39 is 22.0 Å². The molecule has 0 spiro atoms. The van der Waals surface area contributed by atoms with Crippen LogP contribution >= 0.6 is 0 Å². The average Bonchev–Trinajstić information content (AvgIpc) is 2.76. The Kier molecular flexibility index (Phi) is 6.97. The van der Waals surface area contributed by atoms with Crippen molar-refractivity contribution in [2.75, 3.05) is 24.2 Å². The van der Waals surface area contributed by atoms with Crippen LogP contribution in [0.5, 0.6) is 5.75 Å². The highest BCUT2D eigenvalue weighted by Gasteiger charge is 2.24. The number of carbonyl (C=O) groups is 1. The quantitative estimate of drug-likeness (QED) is 0.582. The van der Waals surface area contributed by atoms with E-state index in [9.17, 15) is 13.2 Å². The summed E-state index contributed by atoms with van der Waals surface area (Å²) >= 11 is 0. The van der Waals surface area contributed by atoms with E-state index in [0.717, 1.165) is 27.3 Å². The Morgan fingerprint density at radius 3 is 2.32 bits per heavy atom. The molecular weight excluding hydrogens is 412 g/mol. The van der Waals surface area contributed by atoms with Crippen molar-refractivity contribution in [1.29, 1.82) is 0 Å². The number of benzene rings is 3. The van der Waals surface area contributed by atoms with Gasteiger partial charge < -0.3 is 10.1 Å². The van der Waals surface area contributed by atoms with Crippen LogP contribution in [-0.2, 0) is 14.8 Å². The average molecular weight is 439 g/mol. The van der Waals surface area contributed by atoms with E-state index in [4.69, 9.17) is 4.74 Å². The van der Waals surface area contributed by atoms with Crippen molar-refractivity contribution in [3.8, 4) is 5.75 Å². The molecule has 1 amide bonds. The Morgan fingerprint density at radius 1 is 1.00 bits per heavy atom. The number of hydrogen-bond acceptors (Lipinski definition) is 4. The molecule has 0 aliphatic heterocycles. The van der Waals surface area contributed by atoms with Crippen LogP contribution in [-0.4, -0.2) is 34.2 Å². The number of nitrogens with zero attached hydrogens (tertiary/aromatic N) is 1. The standard InChI is InChI=1S/C24H26N2O4S/c1-18-10-7-8-15-22(18)24(19-11-5-4-6-12-19)25-23(27)17-26(31(3,28)29)20-13-9-14-21(16-20)30-2/h4-16,24H,17H2,1-3H3,(H,25,27)/t24-/m1/s1. The van der Waals surface area contributed by atoms with Gasteiger partial charge in [0.15, 0.2) is 0 Å². The summed E-state index contributed by atoms with van der Waals surface area (Å²) < 4.78 is 31.2. The predicted molar refractivity (Wildman–Crippen MR) is 123 cm³/mol. The van der Waals surface area contributed by atoms with E-state index in [1.807, 2.05) is 61.5 Å². The maximum absolute atomic E-state index is 13.0. The van der Waals surface area contributed by atoms with Crippen LogP contribution in [0.15, 0.2) is 78.9 Å². The minimum absolute atomic E-state index is 0.346. The number of carbonyl (C=O) groups excluding carboxylic acids is 1. The van der Waals surface area contributed by atoms with E-state index in [1.165, 1.54) is 7.11 Å². The molecule has 3 aromatic carbocycles. The molecule has 6 nitrogen and oxygen atoms in total. The highest BCUT2D eigenvalue weighted by molar-refractivity contribution is 7.92. The number of hydrogen-bond donors (Lipinski definition) is 1. The van der Waals surface area contributed by atoms with Crippen LogP contribution < -0.4 is 14.4 Å². The molecule has 3 rings (SSSR count). The lowest BCUT2D eigenvalue weighted by molar-refractivity contribution is -0.120. The van der Waals surface area contributed by atoms with Crippen molar-refractivity contribution in [2.45, 2.75) is 13.0 Å². The lowest BCUT2D eigenvalue weighted by Gasteiger charge is -2.25. The van der Waals surface area contributed by atoms with E-state index >= 15 is 0 Å². The molecule has 1 N–H and O–H groups in total. The fraction of sp³-hybridized carbons (Fsp3) is 0.208. The molecule has 7 heteroatoms. The third-order valence-corrected chi connectivity index (χ3v) is 6.11. The normalized spacial score (nSPS) is 12.1. The van der Waals surface area contributed by atoms with E-state index in [2.05, 4.69) is 5.32 Å². The minimum Gasteiger partial charge on any atom is -0.497 e. The maximum Gasteiger partial charge on any atom is 0.241 e. The molecule has 0 radical (unpaired) electrons. The molecule has 31 heavy (non-hydrogen) atoms. The van der Waals surface area contributed by atoms with Gasteiger partial charge in [0.25, 0.3) is 0 Å². The highest BCUT2D eigenvalue weighted by atomic mass is 32.2. The summed E-state index contributed by atoms with van der Waals surface area (Å²) in [5.41, 5.74) is 3.26. The second-order valence-corrected chi connectivity index (χ2v) is 9.15. The number of amides is 1. The zero-order chi connectivity index (χ0) is 22.4. The molecule has 162 valence electrons. The fourth-order valence-corrected chi connectivity index (χ4v) is 4.25. The third kappa shape index (κ3) is 5.64. The van der Waals surface area contributed by atoms with Gasteiger partial charge in [-0.15, -0.1) is 0 Å². The van der Waals surface area contributed by atoms with Gasteiger partial charge in [-0.25, -0.2) is 8.42 Å². The maximum atomic E-state index is 13.0. The van der Waals surface area contributed by atoms with Crippen LogP contribution in [0.3, 0.4) is 0 Å². The number of nitrogens with one attached hydrogen (secondary N) is 1. The topological polar surface area (TPSA) is 75.7 Å². The second kappa shape index (κ2) is 9.66. The van der Waals surface area contributed by atoms with Crippen molar-refractivity contribution >= 4 is 21.6 Å². The van der Waals surface area contributed by atoms with Crippen LogP contribution in [0.4, 0.5) is 5.69 Å². The zero-order valence-corrected chi connectivity index (χ0v) is 18.6. The largest absolute Gasteiger partial charge is 0.497 e. The molecule has 1 atom stereocenters. The molecule has 3 aromatic rings. The number of methoxy groups -OCH3 is 1. The van der Waals surface area contributed by atoms with E-state index in [-0.39, 0.29) is 6.54 Å². The Balaban J connectivity index is 1.91. The summed E-state index contributed by atoms with van der Waals surface area (Å²) in [6, 6.07) is 23.6. The molecule has 0 aliphatic carbocycles. The lowest BCUT2D eigenvalue weighted by atomic mass is 9.95. The number of aryl methyl sites for hydroxylation is 1. The molecule has 0 saturated carbocycles. The van der Waals surface area contributed by atoms with Crippen molar-refractivity contribution in [3.05, 3.63) is 95.6 Å². The third-order valence-electron chi connectivity index (χ3n) is 4.97. The fourth-order valence-electron chi connectivity index (χ4n) is 3.40. The van der Waals surface area contributed by atoms with Crippen LogP contribution in [0.1, 0.15) is 22.7 Å². The zero-order valence-electron chi connectivity index (χ0n) is 17.8. The van der Waals surface area contributed by atoms with Crippen molar-refractivity contribution in [1.82, 2.24) is 5.32 Å². The summed E-state index contributed by atoms with van der Waals surface area (Å²) in [6.45, 7) is 1.64. The summed E-state index contributed by atoms with van der Waals surface area (Å²) in [5, 5.41) is 3.02. The second-order valence-electron chi connectivity index (χ2n) is 7.24. The summed E-state index contributed by atoms with van der Waals surface area (Å²) in [6.07, 6.45) is 1.08. The van der Waals surface area contributed by atoms with Crippen molar-refractivity contribution in [2.24, 2.45) is 0 Å². The summed E-state index contributed by atoms with van der Waals surface area (Å²) in [7, 11) is -2.19. The first-order chi connectivity index (χ1) is 14.8. The Bertz CT molecular complexity index is 1150. The molecule has 0 unspecified atom stereocenters. The Hall–Kier alpha value is -3.32. The molecule has 0 aromatic heterocycles. The lowest BCUT2D eigenvalue weighted by Crippen LogP contribution is -2.42. The monoisotopic (exact) mass is 438 g/mol. The van der Waals surface area contributed by atoms with Crippen LogP contribution in [0.25, 0.3) is 0 Å². The van der Waals surface area contributed by atoms with Crippen molar-refractivity contribution < 1.29 is 17.9 Å². The molecule has 0 bridgehead atoms. The number of ether oxygens (including phenoxy) is 1. The van der Waals surface area contributed by atoms with Gasteiger partial charge in [-0.05, 0) is 35.7 Å². The molecule has 0 aliphatic rings. The van der Waals surface area contributed by atoms with Gasteiger partial charge in [0.1, 0.15) is 12.3 Å². The Morgan fingerprint density at radius 2 is 1.68 bits per heavy atom. The summed E-state index contributed by atoms with van der Waals surface area (Å²) in [4.78, 5) is 13.0. The van der Waals surface area contributed by atoms with Gasteiger partial charge in [0.2, 0.25) is 15.9 Å². The first-order valence-electron chi connectivity index (χ1n) is 9.81. The van der Waals surface area contributed by atoms with Gasteiger partial charge in [-0.2, -0.15) is 0 Å². The van der Waals surface area contributed by atoms with E-state index in [1.54, 1.807) is 24.3 Å². The minimum atomic E-state index is -3.69. The highest BCUT2D eigenvalue weighted by Crippen LogP contribution is 2.26. The van der Waals surface area contributed by atoms with Gasteiger partial charge in [-0.3, -0.25) is 9.10 Å². The predicted octanol–water partition coefficient (Wildman–Crippen LogP) is 3.68. The van der Waals surface area contributed by atoms with Gasteiger partial charge in [0.05, 0.1) is 25.1 Å². The molecule has 0 heterocycles. The molecule has 0 fully saturated rings. The molecule has 0 saturated heterocycles. The van der Waals surface area contributed by atoms with Crippen LogP contribution in [0, 0.1) is 6.92 Å². The van der Waals surface area contributed by atoms with E-state index in [0.29, 0.717) is 11.4 Å². The smallest absolute Gasteiger partial charge is 0.241 e. The van der Waals surface area contributed by atoms with Crippen molar-refractivity contribution in [3.63, 3.8) is 0 Å². The Labute approximate surface area is 183 Å². The summed E-state index contributed by atoms with van der Waals surface area (Å²) in [5.74, 6) is 0.0963. The van der Waals surface area contributed by atoms with Gasteiger partial charge in [-0.1, -0.05) is 60.7 Å². The first kappa shape index (κ1) is 22.4.